The first kappa shape index (κ1) is 15.1. The standard InChI is InChI=1S/C16H16F3NO2/c17-16(18,19)12-6-2-1-5-11(12)10-20-13(21)9-15(14(20)22)7-3-4-8-15/h1-2,5-6H,3-4,7-10H2. The van der Waals surface area contributed by atoms with Gasteiger partial charge < -0.3 is 0 Å². The van der Waals surface area contributed by atoms with Crippen LogP contribution >= 0.6 is 0 Å². The fourth-order valence-electron chi connectivity index (χ4n) is 3.57. The Labute approximate surface area is 126 Å². The van der Waals surface area contributed by atoms with Crippen LogP contribution in [0, 0.1) is 5.41 Å². The number of carbonyl (C=O) groups is 2. The van der Waals surface area contributed by atoms with Crippen molar-refractivity contribution in [2.75, 3.05) is 0 Å². The maximum absolute atomic E-state index is 13.0. The minimum Gasteiger partial charge on any atom is -0.278 e. The zero-order valence-electron chi connectivity index (χ0n) is 11.9. The summed E-state index contributed by atoms with van der Waals surface area (Å²) >= 11 is 0. The molecular weight excluding hydrogens is 295 g/mol. The van der Waals surface area contributed by atoms with Gasteiger partial charge in [0.15, 0.2) is 0 Å². The average Bonchev–Trinajstić information content (AvgIpc) is 3.00. The highest BCUT2D eigenvalue weighted by Crippen LogP contribution is 2.47. The number of benzene rings is 1. The van der Waals surface area contributed by atoms with Gasteiger partial charge in [-0.25, -0.2) is 0 Å². The number of amides is 2. The maximum Gasteiger partial charge on any atom is 0.416 e. The van der Waals surface area contributed by atoms with E-state index in [1.54, 1.807) is 0 Å². The fraction of sp³-hybridized carbons (Fsp3) is 0.500. The van der Waals surface area contributed by atoms with Gasteiger partial charge in [-0.1, -0.05) is 31.0 Å². The lowest BCUT2D eigenvalue weighted by atomic mass is 9.84. The van der Waals surface area contributed by atoms with Crippen molar-refractivity contribution in [2.45, 2.75) is 44.8 Å². The Balaban J connectivity index is 1.88. The molecule has 1 aromatic rings. The van der Waals surface area contributed by atoms with Gasteiger partial charge in [-0.2, -0.15) is 13.2 Å². The fourth-order valence-corrected chi connectivity index (χ4v) is 3.57. The molecule has 118 valence electrons. The van der Waals surface area contributed by atoms with Gasteiger partial charge in [0.05, 0.1) is 17.5 Å². The summed E-state index contributed by atoms with van der Waals surface area (Å²) < 4.78 is 39.1. The van der Waals surface area contributed by atoms with Gasteiger partial charge in [-0.15, -0.1) is 0 Å². The summed E-state index contributed by atoms with van der Waals surface area (Å²) in [7, 11) is 0. The molecule has 0 N–H and O–H groups in total. The second-order valence-electron chi connectivity index (χ2n) is 6.10. The number of likely N-dealkylation sites (tertiary alicyclic amines) is 1. The summed E-state index contributed by atoms with van der Waals surface area (Å²) in [5, 5.41) is 0. The van der Waals surface area contributed by atoms with Crippen LogP contribution in [-0.2, 0) is 22.3 Å². The number of hydrogen-bond donors (Lipinski definition) is 0. The molecule has 3 nitrogen and oxygen atoms in total. The second kappa shape index (κ2) is 5.11. The number of halogens is 3. The van der Waals surface area contributed by atoms with Crippen molar-refractivity contribution in [2.24, 2.45) is 5.41 Å². The van der Waals surface area contributed by atoms with E-state index >= 15 is 0 Å². The Bertz CT molecular complexity index is 618. The van der Waals surface area contributed by atoms with Crippen LogP contribution < -0.4 is 0 Å². The quantitative estimate of drug-likeness (QED) is 0.784. The average molecular weight is 311 g/mol. The normalized spacial score (nSPS) is 21.1. The molecule has 1 saturated carbocycles. The van der Waals surface area contributed by atoms with Crippen molar-refractivity contribution in [3.05, 3.63) is 35.4 Å². The van der Waals surface area contributed by atoms with Gasteiger partial charge in [0.2, 0.25) is 11.8 Å². The van der Waals surface area contributed by atoms with Crippen molar-refractivity contribution in [3.63, 3.8) is 0 Å². The minimum atomic E-state index is -4.49. The molecule has 0 bridgehead atoms. The molecule has 2 fully saturated rings. The molecule has 1 aromatic carbocycles. The molecule has 0 aromatic heterocycles. The SMILES string of the molecule is O=C1CC2(CCCC2)C(=O)N1Cc1ccccc1C(F)(F)F. The summed E-state index contributed by atoms with van der Waals surface area (Å²) in [6.07, 6.45) is -1.24. The zero-order chi connectivity index (χ0) is 16.0. The third-order valence-electron chi connectivity index (χ3n) is 4.70. The molecule has 6 heteroatoms. The van der Waals surface area contributed by atoms with Crippen molar-refractivity contribution in [1.29, 1.82) is 0 Å². The molecule has 1 saturated heterocycles. The summed E-state index contributed by atoms with van der Waals surface area (Å²) in [6.45, 7) is -0.297. The zero-order valence-corrected chi connectivity index (χ0v) is 11.9. The Hall–Kier alpha value is -1.85. The molecule has 0 unspecified atom stereocenters. The highest BCUT2D eigenvalue weighted by atomic mass is 19.4. The summed E-state index contributed by atoms with van der Waals surface area (Å²) in [6, 6.07) is 5.09. The van der Waals surface area contributed by atoms with Gasteiger partial charge in [0.1, 0.15) is 0 Å². The molecule has 1 heterocycles. The first-order valence-electron chi connectivity index (χ1n) is 7.33. The maximum atomic E-state index is 13.0. The van der Waals surface area contributed by atoms with Crippen molar-refractivity contribution in [3.8, 4) is 0 Å². The van der Waals surface area contributed by atoms with Crippen molar-refractivity contribution in [1.82, 2.24) is 4.90 Å². The lowest BCUT2D eigenvalue weighted by Gasteiger charge is -2.22. The van der Waals surface area contributed by atoms with Crippen molar-refractivity contribution < 1.29 is 22.8 Å². The van der Waals surface area contributed by atoms with Crippen LogP contribution in [0.15, 0.2) is 24.3 Å². The van der Waals surface area contributed by atoms with Gasteiger partial charge in [-0.3, -0.25) is 14.5 Å². The number of imide groups is 1. The Kier molecular flexibility index (Phi) is 3.50. The van der Waals surface area contributed by atoms with Crippen molar-refractivity contribution >= 4 is 11.8 Å². The number of carbonyl (C=O) groups excluding carboxylic acids is 2. The Morgan fingerprint density at radius 1 is 1.09 bits per heavy atom. The molecule has 0 radical (unpaired) electrons. The van der Waals surface area contributed by atoms with Crippen LogP contribution in [0.5, 0.6) is 0 Å². The predicted octanol–water partition coefficient (Wildman–Crippen LogP) is 3.52. The molecule has 1 aliphatic heterocycles. The van der Waals surface area contributed by atoms with E-state index in [4.69, 9.17) is 0 Å². The van der Waals surface area contributed by atoms with Crippen LogP contribution in [0.2, 0.25) is 0 Å². The molecule has 1 spiro atoms. The van der Waals surface area contributed by atoms with Crippen LogP contribution in [0.4, 0.5) is 13.2 Å². The van der Waals surface area contributed by atoms with E-state index in [0.717, 1.165) is 23.8 Å². The molecule has 1 aliphatic carbocycles. The smallest absolute Gasteiger partial charge is 0.278 e. The molecule has 22 heavy (non-hydrogen) atoms. The van der Waals surface area contributed by atoms with E-state index < -0.39 is 17.2 Å². The molecule has 0 atom stereocenters. The van der Waals surface area contributed by atoms with E-state index in [-0.39, 0.29) is 30.3 Å². The summed E-state index contributed by atoms with van der Waals surface area (Å²) in [4.78, 5) is 25.7. The topological polar surface area (TPSA) is 37.4 Å². The number of hydrogen-bond acceptors (Lipinski definition) is 2. The van der Waals surface area contributed by atoms with E-state index in [1.165, 1.54) is 18.2 Å². The largest absolute Gasteiger partial charge is 0.416 e. The first-order chi connectivity index (χ1) is 10.3. The van der Waals surface area contributed by atoms with Gasteiger partial charge in [-0.05, 0) is 24.5 Å². The number of rotatable bonds is 2. The van der Waals surface area contributed by atoms with Gasteiger partial charge in [0.25, 0.3) is 0 Å². The Morgan fingerprint density at radius 3 is 2.36 bits per heavy atom. The third-order valence-corrected chi connectivity index (χ3v) is 4.70. The molecule has 2 amide bonds. The van der Waals surface area contributed by atoms with Crippen LogP contribution in [0.1, 0.15) is 43.2 Å². The number of nitrogens with zero attached hydrogens (tertiary/aromatic N) is 1. The molecule has 2 aliphatic rings. The van der Waals surface area contributed by atoms with Gasteiger partial charge in [0, 0.05) is 6.42 Å². The predicted molar refractivity (Wildman–Crippen MR) is 72.5 cm³/mol. The lowest BCUT2D eigenvalue weighted by molar-refractivity contribution is -0.144. The first-order valence-corrected chi connectivity index (χ1v) is 7.33. The minimum absolute atomic E-state index is 0.0354. The van der Waals surface area contributed by atoms with Gasteiger partial charge >= 0.3 is 6.18 Å². The number of alkyl halides is 3. The summed E-state index contributed by atoms with van der Waals surface area (Å²) in [5.74, 6) is -0.657. The van der Waals surface area contributed by atoms with Crippen LogP contribution in [-0.4, -0.2) is 16.7 Å². The third kappa shape index (κ3) is 2.40. The highest BCUT2D eigenvalue weighted by molar-refractivity contribution is 6.06. The summed E-state index contributed by atoms with van der Waals surface area (Å²) in [5.41, 5.74) is -1.47. The highest BCUT2D eigenvalue weighted by Gasteiger charge is 2.52. The van der Waals surface area contributed by atoms with E-state index in [1.807, 2.05) is 0 Å². The lowest BCUT2D eigenvalue weighted by Crippen LogP contribution is -2.34. The molecule has 3 rings (SSSR count). The molecular formula is C16H16F3NO2. The Morgan fingerprint density at radius 2 is 1.73 bits per heavy atom. The van der Waals surface area contributed by atoms with Crippen LogP contribution in [0.3, 0.4) is 0 Å². The van der Waals surface area contributed by atoms with E-state index in [2.05, 4.69) is 0 Å². The van der Waals surface area contributed by atoms with E-state index in [0.29, 0.717) is 12.8 Å². The van der Waals surface area contributed by atoms with E-state index in [9.17, 15) is 22.8 Å². The van der Waals surface area contributed by atoms with Crippen LogP contribution in [0.25, 0.3) is 0 Å². The second-order valence-corrected chi connectivity index (χ2v) is 6.10. The monoisotopic (exact) mass is 311 g/mol.